The molecule has 7 nitrogen and oxygen atoms in total. The van der Waals surface area contributed by atoms with Gasteiger partial charge >= 0.3 is 0 Å². The predicted octanol–water partition coefficient (Wildman–Crippen LogP) is 3.13. The summed E-state index contributed by atoms with van der Waals surface area (Å²) in [5.41, 5.74) is 9.73. The molecule has 0 aliphatic heterocycles. The number of H-pyrrole nitrogens is 1. The Morgan fingerprint density at radius 3 is 2.32 bits per heavy atom. The maximum Gasteiger partial charge on any atom is 0.242 e. The van der Waals surface area contributed by atoms with Crippen LogP contribution in [-0.4, -0.2) is 22.7 Å². The Balaban J connectivity index is 1.43. The zero-order valence-corrected chi connectivity index (χ0v) is 18.0. The van der Waals surface area contributed by atoms with Gasteiger partial charge in [0.1, 0.15) is 0 Å². The molecule has 0 spiro atoms. The highest BCUT2D eigenvalue weighted by atomic mass is 16.2. The number of hydrazine groups is 1. The van der Waals surface area contributed by atoms with Crippen molar-refractivity contribution >= 4 is 28.6 Å². The molecular formula is C24H28N4O3. The fourth-order valence-electron chi connectivity index (χ4n) is 3.50. The van der Waals surface area contributed by atoms with Crippen molar-refractivity contribution in [2.24, 2.45) is 0 Å². The van der Waals surface area contributed by atoms with E-state index in [-0.39, 0.29) is 37.1 Å². The highest BCUT2D eigenvalue weighted by Gasteiger charge is 2.14. The van der Waals surface area contributed by atoms with E-state index in [4.69, 9.17) is 0 Å². The molecular weight excluding hydrogens is 392 g/mol. The number of fused-ring (bicyclic) bond motifs is 1. The topological polar surface area (TPSA) is 103 Å². The van der Waals surface area contributed by atoms with Gasteiger partial charge in [0.05, 0.1) is 12.5 Å². The van der Waals surface area contributed by atoms with Gasteiger partial charge in [-0.3, -0.25) is 25.2 Å². The first-order valence-electron chi connectivity index (χ1n) is 10.3. The van der Waals surface area contributed by atoms with Crippen LogP contribution in [0.1, 0.15) is 48.2 Å². The molecule has 0 aliphatic rings. The minimum absolute atomic E-state index is 0.0149. The summed E-state index contributed by atoms with van der Waals surface area (Å²) < 4.78 is 0. The van der Waals surface area contributed by atoms with Crippen molar-refractivity contribution < 1.29 is 14.4 Å². The van der Waals surface area contributed by atoms with Gasteiger partial charge in [-0.1, -0.05) is 42.0 Å². The van der Waals surface area contributed by atoms with Gasteiger partial charge in [-0.15, -0.1) is 0 Å². The summed E-state index contributed by atoms with van der Waals surface area (Å²) in [4.78, 5) is 39.7. The standard InChI is InChI=1S/C24H28N4O3/c1-15-9-10-21-20(13-15)19(17(3)25-21)14-24(31)28-27-23(30)12-11-22(29)26-16(2)18-7-5-4-6-8-18/h4-10,13,16,25H,11-12,14H2,1-3H3,(H,26,29)(H,27,30)(H,28,31). The van der Waals surface area contributed by atoms with Crippen molar-refractivity contribution in [2.75, 3.05) is 0 Å². The van der Waals surface area contributed by atoms with Gasteiger partial charge in [-0.2, -0.15) is 0 Å². The van der Waals surface area contributed by atoms with Crippen LogP contribution in [0.25, 0.3) is 10.9 Å². The summed E-state index contributed by atoms with van der Waals surface area (Å²) in [6, 6.07) is 15.5. The van der Waals surface area contributed by atoms with Crippen molar-refractivity contribution in [3.63, 3.8) is 0 Å². The molecule has 1 unspecified atom stereocenters. The molecule has 0 bridgehead atoms. The molecule has 3 rings (SSSR count). The summed E-state index contributed by atoms with van der Waals surface area (Å²) in [6.45, 7) is 5.82. The molecule has 0 saturated heterocycles. The number of carbonyl (C=O) groups excluding carboxylic acids is 3. The number of hydrogen-bond acceptors (Lipinski definition) is 3. The minimum Gasteiger partial charge on any atom is -0.358 e. The lowest BCUT2D eigenvalue weighted by Gasteiger charge is -2.14. The zero-order valence-electron chi connectivity index (χ0n) is 18.0. The molecule has 3 amide bonds. The molecule has 3 aromatic rings. The third-order valence-corrected chi connectivity index (χ3v) is 5.21. The lowest BCUT2D eigenvalue weighted by molar-refractivity contribution is -0.130. The number of amides is 3. The van der Waals surface area contributed by atoms with Crippen molar-refractivity contribution in [3.8, 4) is 0 Å². The van der Waals surface area contributed by atoms with Crippen LogP contribution < -0.4 is 16.2 Å². The lowest BCUT2D eigenvalue weighted by Crippen LogP contribution is -2.42. The Kier molecular flexibility index (Phi) is 7.07. The van der Waals surface area contributed by atoms with E-state index in [0.717, 1.165) is 33.3 Å². The van der Waals surface area contributed by atoms with Crippen LogP contribution in [-0.2, 0) is 20.8 Å². The molecule has 0 aliphatic carbocycles. The van der Waals surface area contributed by atoms with Crippen LogP contribution in [0.3, 0.4) is 0 Å². The zero-order chi connectivity index (χ0) is 22.4. The van der Waals surface area contributed by atoms with E-state index >= 15 is 0 Å². The highest BCUT2D eigenvalue weighted by molar-refractivity contribution is 5.91. The van der Waals surface area contributed by atoms with Crippen LogP contribution in [0.2, 0.25) is 0 Å². The fraction of sp³-hybridized carbons (Fsp3) is 0.292. The molecule has 1 atom stereocenters. The van der Waals surface area contributed by atoms with Crippen molar-refractivity contribution in [1.82, 2.24) is 21.2 Å². The molecule has 162 valence electrons. The Bertz CT molecular complexity index is 1090. The molecule has 1 aromatic heterocycles. The predicted molar refractivity (Wildman–Crippen MR) is 120 cm³/mol. The normalized spacial score (nSPS) is 11.7. The Morgan fingerprint density at radius 1 is 0.903 bits per heavy atom. The number of aryl methyl sites for hydroxylation is 2. The van der Waals surface area contributed by atoms with Gasteiger partial charge in [0, 0.05) is 29.4 Å². The number of aromatic amines is 1. The number of hydrogen-bond donors (Lipinski definition) is 4. The Labute approximate surface area is 181 Å². The summed E-state index contributed by atoms with van der Waals surface area (Å²) >= 11 is 0. The van der Waals surface area contributed by atoms with Crippen LogP contribution >= 0.6 is 0 Å². The molecule has 31 heavy (non-hydrogen) atoms. The summed E-state index contributed by atoms with van der Waals surface area (Å²) in [5, 5.41) is 3.87. The van der Waals surface area contributed by atoms with E-state index in [2.05, 4.69) is 21.2 Å². The Hall–Kier alpha value is -3.61. The van der Waals surface area contributed by atoms with Gasteiger partial charge in [0.2, 0.25) is 17.7 Å². The van der Waals surface area contributed by atoms with E-state index in [9.17, 15) is 14.4 Å². The first-order valence-corrected chi connectivity index (χ1v) is 10.3. The largest absolute Gasteiger partial charge is 0.358 e. The molecule has 4 N–H and O–H groups in total. The molecule has 7 heteroatoms. The third kappa shape index (κ3) is 5.94. The average molecular weight is 421 g/mol. The molecule has 0 fully saturated rings. The quantitative estimate of drug-likeness (QED) is 0.442. The number of aromatic nitrogens is 1. The third-order valence-electron chi connectivity index (χ3n) is 5.21. The van der Waals surface area contributed by atoms with Crippen LogP contribution in [0.15, 0.2) is 48.5 Å². The maximum atomic E-state index is 12.3. The van der Waals surface area contributed by atoms with Gasteiger partial charge < -0.3 is 10.3 Å². The van der Waals surface area contributed by atoms with E-state index in [0.29, 0.717) is 0 Å². The monoisotopic (exact) mass is 420 g/mol. The molecule has 2 aromatic carbocycles. The minimum atomic E-state index is -0.414. The number of carbonyl (C=O) groups is 3. The number of rotatable bonds is 7. The molecule has 1 heterocycles. The van der Waals surface area contributed by atoms with Crippen LogP contribution in [0, 0.1) is 13.8 Å². The smallest absolute Gasteiger partial charge is 0.242 e. The lowest BCUT2D eigenvalue weighted by atomic mass is 10.1. The first-order chi connectivity index (χ1) is 14.8. The number of nitrogens with one attached hydrogen (secondary N) is 4. The second kappa shape index (κ2) is 9.93. The summed E-state index contributed by atoms with van der Waals surface area (Å²) in [6.07, 6.45) is 0.170. The van der Waals surface area contributed by atoms with Crippen molar-refractivity contribution in [1.29, 1.82) is 0 Å². The van der Waals surface area contributed by atoms with Crippen LogP contribution in [0.5, 0.6) is 0 Å². The maximum absolute atomic E-state index is 12.3. The second-order valence-electron chi connectivity index (χ2n) is 7.75. The SMILES string of the molecule is Cc1ccc2[nH]c(C)c(CC(=O)NNC(=O)CCC(=O)NC(C)c3ccccc3)c2c1. The van der Waals surface area contributed by atoms with Crippen molar-refractivity contribution in [3.05, 3.63) is 70.9 Å². The average Bonchev–Trinajstić information content (AvgIpc) is 3.05. The van der Waals surface area contributed by atoms with Gasteiger partial charge in [0.15, 0.2) is 0 Å². The number of benzene rings is 2. The highest BCUT2D eigenvalue weighted by Crippen LogP contribution is 2.23. The molecule has 0 radical (unpaired) electrons. The van der Waals surface area contributed by atoms with Crippen molar-refractivity contribution in [2.45, 2.75) is 46.1 Å². The first kappa shape index (κ1) is 22.1. The summed E-state index contributed by atoms with van der Waals surface area (Å²) in [5.74, 6) is -0.953. The van der Waals surface area contributed by atoms with Gasteiger partial charge in [-0.05, 0) is 44.0 Å². The van der Waals surface area contributed by atoms with Gasteiger partial charge in [-0.25, -0.2) is 0 Å². The molecule has 0 saturated carbocycles. The second-order valence-corrected chi connectivity index (χ2v) is 7.75. The van der Waals surface area contributed by atoms with E-state index in [1.807, 2.05) is 69.3 Å². The Morgan fingerprint density at radius 2 is 1.58 bits per heavy atom. The summed E-state index contributed by atoms with van der Waals surface area (Å²) in [7, 11) is 0. The van der Waals surface area contributed by atoms with Gasteiger partial charge in [0.25, 0.3) is 0 Å². The van der Waals surface area contributed by atoms with E-state index in [1.165, 1.54) is 0 Å². The van der Waals surface area contributed by atoms with E-state index < -0.39 is 5.91 Å². The van der Waals surface area contributed by atoms with Crippen LogP contribution in [0.4, 0.5) is 0 Å². The van der Waals surface area contributed by atoms with E-state index in [1.54, 1.807) is 0 Å². The fourth-order valence-corrected chi connectivity index (χ4v) is 3.50.